The minimum atomic E-state index is -3.72. The molecule has 0 saturated heterocycles. The van der Waals surface area contributed by atoms with Gasteiger partial charge in [-0.25, -0.2) is 13.2 Å². The van der Waals surface area contributed by atoms with Gasteiger partial charge in [-0.3, -0.25) is 4.79 Å². The Morgan fingerprint density at radius 1 is 1.12 bits per heavy atom. The maximum atomic E-state index is 12.9. The van der Waals surface area contributed by atoms with Gasteiger partial charge in [0.05, 0.1) is 16.5 Å². The number of rotatable bonds is 8. The molecule has 0 radical (unpaired) electrons. The second-order valence-corrected chi connectivity index (χ2v) is 9.76. The van der Waals surface area contributed by atoms with Crippen LogP contribution in [0.2, 0.25) is 0 Å². The first-order valence-electron chi connectivity index (χ1n) is 10.9. The third kappa shape index (κ3) is 5.19. The number of amides is 1. The van der Waals surface area contributed by atoms with Gasteiger partial charge in [0.25, 0.3) is 5.91 Å². The van der Waals surface area contributed by atoms with Crippen molar-refractivity contribution in [3.05, 3.63) is 64.7 Å². The van der Waals surface area contributed by atoms with Crippen LogP contribution in [0.3, 0.4) is 0 Å². The topological polar surface area (TPSA) is 92.8 Å². The summed E-state index contributed by atoms with van der Waals surface area (Å²) in [5.74, 6) is -1.12. The summed E-state index contributed by atoms with van der Waals surface area (Å²) >= 11 is 0. The molecule has 1 aliphatic rings. The Morgan fingerprint density at radius 3 is 2.56 bits per heavy atom. The molecule has 7 nitrogen and oxygen atoms in total. The van der Waals surface area contributed by atoms with E-state index in [1.807, 2.05) is 18.2 Å². The van der Waals surface area contributed by atoms with Crippen LogP contribution in [0.25, 0.3) is 0 Å². The Kier molecular flexibility index (Phi) is 7.69. The SMILES string of the molecule is CCN(CC)S(=O)(=O)c1cc(C(=O)OCC(=O)NC2CCCc3ccccc32)ccc1C. The molecule has 0 saturated carbocycles. The standard InChI is InChI=1S/C24H30N2O5S/c1-4-26(5-2)32(29,30)22-15-19(14-13-17(22)3)24(28)31-16-23(27)25-21-12-8-10-18-9-6-7-11-20(18)21/h6-7,9,11,13-15,21H,4-5,8,10,12,16H2,1-3H3,(H,25,27). The third-order valence-corrected chi connectivity index (χ3v) is 7.98. The molecule has 0 fully saturated rings. The van der Waals surface area contributed by atoms with Gasteiger partial charge < -0.3 is 10.1 Å². The lowest BCUT2D eigenvalue weighted by Crippen LogP contribution is -2.34. The lowest BCUT2D eigenvalue weighted by Gasteiger charge is -2.26. The van der Waals surface area contributed by atoms with E-state index >= 15 is 0 Å². The number of nitrogens with one attached hydrogen (secondary N) is 1. The highest BCUT2D eigenvalue weighted by atomic mass is 32.2. The number of carbonyl (C=O) groups is 2. The molecule has 1 aliphatic carbocycles. The highest BCUT2D eigenvalue weighted by Gasteiger charge is 2.26. The average Bonchev–Trinajstić information content (AvgIpc) is 2.78. The normalized spacial score (nSPS) is 15.8. The van der Waals surface area contributed by atoms with Gasteiger partial charge in [-0.15, -0.1) is 0 Å². The van der Waals surface area contributed by atoms with Crippen LogP contribution in [-0.2, 0) is 26.0 Å². The fourth-order valence-electron chi connectivity index (χ4n) is 4.06. The molecule has 2 aromatic carbocycles. The molecule has 0 aliphatic heterocycles. The highest BCUT2D eigenvalue weighted by Crippen LogP contribution is 2.29. The monoisotopic (exact) mass is 458 g/mol. The fourth-order valence-corrected chi connectivity index (χ4v) is 5.77. The summed E-state index contributed by atoms with van der Waals surface area (Å²) < 4.78 is 32.3. The van der Waals surface area contributed by atoms with Crippen LogP contribution in [0.1, 0.15) is 59.8 Å². The largest absolute Gasteiger partial charge is 0.452 e. The molecule has 32 heavy (non-hydrogen) atoms. The molecule has 0 spiro atoms. The van der Waals surface area contributed by atoms with E-state index in [-0.39, 0.29) is 22.4 Å². The molecule has 1 N–H and O–H groups in total. The first-order chi connectivity index (χ1) is 15.3. The van der Waals surface area contributed by atoms with E-state index in [1.165, 1.54) is 22.0 Å². The van der Waals surface area contributed by atoms with Gasteiger partial charge in [-0.05, 0) is 55.0 Å². The van der Waals surface area contributed by atoms with Crippen molar-refractivity contribution in [1.82, 2.24) is 9.62 Å². The number of benzene rings is 2. The number of hydrogen-bond donors (Lipinski definition) is 1. The Labute approximate surface area is 189 Å². The van der Waals surface area contributed by atoms with E-state index in [1.54, 1.807) is 26.8 Å². The molecule has 1 amide bonds. The van der Waals surface area contributed by atoms with E-state index in [0.717, 1.165) is 24.8 Å². The summed E-state index contributed by atoms with van der Waals surface area (Å²) in [5, 5.41) is 2.94. The Bertz CT molecular complexity index is 1090. The Hall–Kier alpha value is -2.71. The van der Waals surface area contributed by atoms with E-state index in [2.05, 4.69) is 11.4 Å². The fraction of sp³-hybridized carbons (Fsp3) is 0.417. The van der Waals surface area contributed by atoms with Crippen molar-refractivity contribution in [3.8, 4) is 0 Å². The number of nitrogens with zero attached hydrogens (tertiary/aromatic N) is 1. The van der Waals surface area contributed by atoms with Crippen LogP contribution >= 0.6 is 0 Å². The third-order valence-electron chi connectivity index (χ3n) is 5.79. The van der Waals surface area contributed by atoms with Gasteiger partial charge in [0.1, 0.15) is 0 Å². The zero-order chi connectivity index (χ0) is 23.3. The van der Waals surface area contributed by atoms with Crippen molar-refractivity contribution in [2.24, 2.45) is 0 Å². The maximum absolute atomic E-state index is 12.9. The second-order valence-electron chi connectivity index (χ2n) is 7.86. The maximum Gasteiger partial charge on any atom is 0.338 e. The van der Waals surface area contributed by atoms with Crippen molar-refractivity contribution in [1.29, 1.82) is 0 Å². The van der Waals surface area contributed by atoms with Gasteiger partial charge in [0.2, 0.25) is 10.0 Å². The molecule has 2 aromatic rings. The summed E-state index contributed by atoms with van der Waals surface area (Å²) in [6.07, 6.45) is 2.81. The molecule has 0 heterocycles. The summed E-state index contributed by atoms with van der Waals surface area (Å²) in [6.45, 7) is 5.44. The lowest BCUT2D eigenvalue weighted by molar-refractivity contribution is -0.125. The summed E-state index contributed by atoms with van der Waals surface area (Å²) in [6, 6.07) is 12.3. The van der Waals surface area contributed by atoms with Crippen LogP contribution in [0.4, 0.5) is 0 Å². The lowest BCUT2D eigenvalue weighted by atomic mass is 9.88. The number of hydrogen-bond acceptors (Lipinski definition) is 5. The van der Waals surface area contributed by atoms with Crippen LogP contribution in [-0.4, -0.2) is 44.3 Å². The van der Waals surface area contributed by atoms with E-state index in [9.17, 15) is 18.0 Å². The van der Waals surface area contributed by atoms with Crippen molar-refractivity contribution in [2.75, 3.05) is 19.7 Å². The van der Waals surface area contributed by atoms with Gasteiger partial charge in [0.15, 0.2) is 6.61 Å². The van der Waals surface area contributed by atoms with E-state index in [0.29, 0.717) is 18.7 Å². The zero-order valence-electron chi connectivity index (χ0n) is 18.8. The van der Waals surface area contributed by atoms with Gasteiger partial charge in [0, 0.05) is 13.1 Å². The van der Waals surface area contributed by atoms with Crippen molar-refractivity contribution in [2.45, 2.75) is 51.0 Å². The average molecular weight is 459 g/mol. The van der Waals surface area contributed by atoms with Gasteiger partial charge >= 0.3 is 5.97 Å². The first-order valence-corrected chi connectivity index (χ1v) is 12.4. The first kappa shape index (κ1) is 23.9. The molecule has 0 aromatic heterocycles. The zero-order valence-corrected chi connectivity index (χ0v) is 19.6. The van der Waals surface area contributed by atoms with Crippen LogP contribution in [0, 0.1) is 6.92 Å². The van der Waals surface area contributed by atoms with Crippen molar-refractivity contribution < 1.29 is 22.7 Å². The second kappa shape index (κ2) is 10.3. The van der Waals surface area contributed by atoms with Gasteiger partial charge in [-0.2, -0.15) is 4.31 Å². The number of ether oxygens (including phenoxy) is 1. The summed E-state index contributed by atoms with van der Waals surface area (Å²) in [7, 11) is -3.72. The van der Waals surface area contributed by atoms with Gasteiger partial charge in [-0.1, -0.05) is 44.2 Å². The quantitative estimate of drug-likeness (QED) is 0.612. The van der Waals surface area contributed by atoms with E-state index < -0.39 is 22.6 Å². The predicted octanol–water partition coefficient (Wildman–Crippen LogP) is 3.38. The number of sulfonamides is 1. The predicted molar refractivity (Wildman–Crippen MR) is 122 cm³/mol. The highest BCUT2D eigenvalue weighted by molar-refractivity contribution is 7.89. The molecule has 1 atom stereocenters. The molecule has 0 bridgehead atoms. The van der Waals surface area contributed by atoms with Crippen LogP contribution in [0.15, 0.2) is 47.4 Å². The molecular weight excluding hydrogens is 428 g/mol. The number of fused-ring (bicyclic) bond motifs is 1. The molecule has 172 valence electrons. The molecule has 8 heteroatoms. The minimum absolute atomic E-state index is 0.0684. The smallest absolute Gasteiger partial charge is 0.338 e. The van der Waals surface area contributed by atoms with Crippen molar-refractivity contribution >= 4 is 21.9 Å². The Balaban J connectivity index is 1.66. The number of carbonyl (C=O) groups excluding carboxylic acids is 2. The van der Waals surface area contributed by atoms with E-state index in [4.69, 9.17) is 4.74 Å². The molecule has 1 unspecified atom stereocenters. The summed E-state index contributed by atoms with van der Waals surface area (Å²) in [4.78, 5) is 25.0. The van der Waals surface area contributed by atoms with Crippen LogP contribution in [0.5, 0.6) is 0 Å². The molecule has 3 rings (SSSR count). The number of esters is 1. The van der Waals surface area contributed by atoms with Crippen LogP contribution < -0.4 is 5.32 Å². The summed E-state index contributed by atoms with van der Waals surface area (Å²) in [5.41, 5.74) is 2.96. The van der Waals surface area contributed by atoms with Crippen molar-refractivity contribution in [3.63, 3.8) is 0 Å². The number of aryl methyl sites for hydroxylation is 2. The Morgan fingerprint density at radius 2 is 1.84 bits per heavy atom. The minimum Gasteiger partial charge on any atom is -0.452 e. The molecular formula is C24H30N2O5S.